The number of thiazole rings is 1. The third-order valence-electron chi connectivity index (χ3n) is 5.69. The van der Waals surface area contributed by atoms with Gasteiger partial charge in [0.25, 0.3) is 0 Å². The minimum Gasteiger partial charge on any atom is -0.493 e. The highest BCUT2D eigenvalue weighted by molar-refractivity contribution is 7.10. The normalized spacial score (nSPS) is 16.9. The van der Waals surface area contributed by atoms with E-state index < -0.39 is 0 Å². The summed E-state index contributed by atoms with van der Waals surface area (Å²) in [5.74, 6) is 2.89. The summed E-state index contributed by atoms with van der Waals surface area (Å²) >= 11 is 0.926. The SMILES string of the molecule is CN=CC(=Cc1sc(=O)[nH]c1O)c1nc(NC2CC2)cc(N2CCN(c3ccccn3)CC2)n1. The number of aromatic amines is 1. The average molecular weight is 479 g/mol. The fourth-order valence-electron chi connectivity index (χ4n) is 3.81. The average Bonchev–Trinajstić information content (AvgIpc) is 3.61. The Morgan fingerprint density at radius 2 is 1.97 bits per heavy atom. The van der Waals surface area contributed by atoms with E-state index in [9.17, 15) is 9.90 Å². The summed E-state index contributed by atoms with van der Waals surface area (Å²) in [5.41, 5.74) is 0.612. The Balaban J connectivity index is 1.45. The fraction of sp³-hybridized carbons (Fsp3) is 0.348. The number of pyridine rings is 1. The maximum atomic E-state index is 11.6. The van der Waals surface area contributed by atoms with Crippen LogP contribution in [-0.2, 0) is 0 Å². The molecule has 0 amide bonds. The van der Waals surface area contributed by atoms with E-state index in [0.29, 0.717) is 22.3 Å². The minimum absolute atomic E-state index is 0.171. The van der Waals surface area contributed by atoms with Crippen molar-refractivity contribution in [2.24, 2.45) is 4.99 Å². The molecular weight excluding hydrogens is 452 g/mol. The van der Waals surface area contributed by atoms with Gasteiger partial charge < -0.3 is 20.2 Å². The molecule has 3 N–H and O–H groups in total. The number of hydrogen-bond donors (Lipinski definition) is 3. The summed E-state index contributed by atoms with van der Waals surface area (Å²) in [6, 6.07) is 8.38. The van der Waals surface area contributed by atoms with E-state index in [4.69, 9.17) is 9.97 Å². The van der Waals surface area contributed by atoms with Gasteiger partial charge in [-0.2, -0.15) is 0 Å². The van der Waals surface area contributed by atoms with E-state index in [1.165, 1.54) is 0 Å². The van der Waals surface area contributed by atoms with Crippen LogP contribution < -0.4 is 20.0 Å². The summed E-state index contributed by atoms with van der Waals surface area (Å²) in [7, 11) is 1.66. The van der Waals surface area contributed by atoms with Gasteiger partial charge >= 0.3 is 4.87 Å². The lowest BCUT2D eigenvalue weighted by atomic mass is 10.2. The molecule has 11 heteroatoms. The fourth-order valence-corrected chi connectivity index (χ4v) is 4.49. The van der Waals surface area contributed by atoms with Crippen LogP contribution in [-0.4, -0.2) is 70.5 Å². The molecule has 0 aromatic carbocycles. The molecule has 1 aliphatic heterocycles. The molecule has 3 aromatic heterocycles. The number of hydrogen-bond acceptors (Lipinski definition) is 10. The summed E-state index contributed by atoms with van der Waals surface area (Å²) in [4.78, 5) is 36.8. The number of piperazine rings is 1. The maximum Gasteiger partial charge on any atom is 0.307 e. The number of aromatic hydroxyl groups is 1. The van der Waals surface area contributed by atoms with Crippen LogP contribution in [0.25, 0.3) is 11.6 Å². The highest BCUT2D eigenvalue weighted by Gasteiger charge is 2.24. The van der Waals surface area contributed by atoms with Crippen molar-refractivity contribution in [2.45, 2.75) is 18.9 Å². The first-order valence-electron chi connectivity index (χ1n) is 11.2. The number of aliphatic imine (C=N–C) groups is 1. The first-order chi connectivity index (χ1) is 16.6. The van der Waals surface area contributed by atoms with Crippen LogP contribution in [0.2, 0.25) is 0 Å². The second-order valence-electron chi connectivity index (χ2n) is 8.23. The molecule has 2 fully saturated rings. The molecule has 0 unspecified atom stereocenters. The topological polar surface area (TPSA) is 123 Å². The van der Waals surface area contributed by atoms with E-state index in [0.717, 1.165) is 67.8 Å². The van der Waals surface area contributed by atoms with E-state index in [1.807, 2.05) is 30.5 Å². The summed E-state index contributed by atoms with van der Waals surface area (Å²) in [6.45, 7) is 3.28. The molecule has 5 rings (SSSR count). The number of aromatic nitrogens is 4. The van der Waals surface area contributed by atoms with Crippen molar-refractivity contribution >= 4 is 46.7 Å². The van der Waals surface area contributed by atoms with Gasteiger partial charge in [-0.05, 0) is 31.1 Å². The molecule has 0 atom stereocenters. The lowest BCUT2D eigenvalue weighted by Gasteiger charge is -2.36. The molecule has 2 aliphatic rings. The summed E-state index contributed by atoms with van der Waals surface area (Å²) in [6.07, 6.45) is 7.40. The Labute approximate surface area is 200 Å². The molecule has 3 aromatic rings. The smallest absolute Gasteiger partial charge is 0.307 e. The second kappa shape index (κ2) is 9.64. The van der Waals surface area contributed by atoms with Crippen LogP contribution in [0.1, 0.15) is 23.5 Å². The Morgan fingerprint density at radius 3 is 2.59 bits per heavy atom. The van der Waals surface area contributed by atoms with Gasteiger partial charge in [-0.15, -0.1) is 0 Å². The van der Waals surface area contributed by atoms with Crippen molar-refractivity contribution in [3.8, 4) is 5.88 Å². The van der Waals surface area contributed by atoms with Gasteiger partial charge in [-0.3, -0.25) is 14.8 Å². The van der Waals surface area contributed by atoms with Crippen LogP contribution >= 0.6 is 11.3 Å². The zero-order valence-corrected chi connectivity index (χ0v) is 19.6. The predicted molar refractivity (Wildman–Crippen MR) is 136 cm³/mol. The van der Waals surface area contributed by atoms with Crippen LogP contribution in [0.3, 0.4) is 0 Å². The highest BCUT2D eigenvalue weighted by Crippen LogP contribution is 2.29. The van der Waals surface area contributed by atoms with Gasteiger partial charge in [0.2, 0.25) is 5.88 Å². The summed E-state index contributed by atoms with van der Waals surface area (Å²) < 4.78 is 0. The van der Waals surface area contributed by atoms with Crippen molar-refractivity contribution in [3.05, 3.63) is 50.8 Å². The lowest BCUT2D eigenvalue weighted by molar-refractivity contribution is 0.455. The quantitative estimate of drug-likeness (QED) is 0.443. The third kappa shape index (κ3) is 5.09. The zero-order chi connectivity index (χ0) is 23.5. The zero-order valence-electron chi connectivity index (χ0n) is 18.8. The van der Waals surface area contributed by atoms with Crippen LogP contribution in [0.15, 0.2) is 40.2 Å². The van der Waals surface area contributed by atoms with Gasteiger partial charge in [0, 0.05) is 63.3 Å². The van der Waals surface area contributed by atoms with E-state index in [1.54, 1.807) is 19.3 Å². The van der Waals surface area contributed by atoms with Crippen molar-refractivity contribution in [3.63, 3.8) is 0 Å². The van der Waals surface area contributed by atoms with E-state index in [-0.39, 0.29) is 10.8 Å². The minimum atomic E-state index is -0.326. The number of nitrogens with zero attached hydrogens (tertiary/aromatic N) is 6. The van der Waals surface area contributed by atoms with Crippen molar-refractivity contribution in [1.29, 1.82) is 0 Å². The van der Waals surface area contributed by atoms with E-state index in [2.05, 4.69) is 30.1 Å². The summed E-state index contributed by atoms with van der Waals surface area (Å²) in [5, 5.41) is 13.5. The van der Waals surface area contributed by atoms with Gasteiger partial charge in [-0.1, -0.05) is 17.4 Å². The predicted octanol–water partition coefficient (Wildman–Crippen LogP) is 2.47. The Morgan fingerprint density at radius 1 is 1.21 bits per heavy atom. The molecule has 1 saturated heterocycles. The Bertz CT molecular complexity index is 1260. The monoisotopic (exact) mass is 478 g/mol. The van der Waals surface area contributed by atoms with Crippen molar-refractivity contribution in [1.82, 2.24) is 19.9 Å². The van der Waals surface area contributed by atoms with Crippen LogP contribution in [0.4, 0.5) is 17.5 Å². The van der Waals surface area contributed by atoms with Gasteiger partial charge in [0.1, 0.15) is 17.5 Å². The Kier molecular flexibility index (Phi) is 6.26. The number of allylic oxidation sites excluding steroid dienone is 1. The number of H-pyrrole nitrogens is 1. The molecule has 10 nitrogen and oxygen atoms in total. The second-order valence-corrected chi connectivity index (χ2v) is 9.24. The number of rotatable bonds is 7. The molecule has 0 bridgehead atoms. The van der Waals surface area contributed by atoms with Crippen LogP contribution in [0.5, 0.6) is 5.88 Å². The van der Waals surface area contributed by atoms with Gasteiger partial charge in [-0.25, -0.2) is 15.0 Å². The van der Waals surface area contributed by atoms with Gasteiger partial charge in [0.15, 0.2) is 5.82 Å². The molecule has 34 heavy (non-hydrogen) atoms. The number of nitrogens with one attached hydrogen (secondary N) is 2. The molecule has 1 aliphatic carbocycles. The maximum absolute atomic E-state index is 11.6. The highest BCUT2D eigenvalue weighted by atomic mass is 32.1. The largest absolute Gasteiger partial charge is 0.493 e. The van der Waals surface area contributed by atoms with Crippen molar-refractivity contribution in [2.75, 3.05) is 48.3 Å². The third-order valence-corrected chi connectivity index (χ3v) is 6.51. The first-order valence-corrected chi connectivity index (χ1v) is 12.0. The standard InChI is InChI=1S/C23H26N8O2S/c1-24-14-15(12-17-22(32)29-23(33)34-17)21-27-18(26-16-5-6-16)13-20(28-21)31-10-8-30(9-11-31)19-4-2-3-7-25-19/h2-4,7,12-14,16,32H,5-6,8-11H2,1H3,(H,29,33)(H,26,27,28). The molecular formula is C23H26N8O2S. The molecule has 176 valence electrons. The molecule has 4 heterocycles. The number of anilines is 3. The van der Waals surface area contributed by atoms with Crippen molar-refractivity contribution < 1.29 is 5.11 Å². The first kappa shape index (κ1) is 22.1. The van der Waals surface area contributed by atoms with Crippen LogP contribution in [0, 0.1) is 0 Å². The molecule has 0 radical (unpaired) electrons. The Hall–Kier alpha value is -3.73. The molecule has 0 spiro atoms. The van der Waals surface area contributed by atoms with Gasteiger partial charge in [0.05, 0.1) is 4.88 Å². The lowest BCUT2D eigenvalue weighted by Crippen LogP contribution is -2.47. The molecule has 1 saturated carbocycles. The van der Waals surface area contributed by atoms with E-state index >= 15 is 0 Å².